The second-order valence-electron chi connectivity index (χ2n) is 4.29. The first kappa shape index (κ1) is 14.3. The van der Waals surface area contributed by atoms with E-state index in [1.807, 2.05) is 42.6 Å². The number of hydrogen-bond acceptors (Lipinski definition) is 3. The Morgan fingerprint density at radius 1 is 1.40 bits per heavy atom. The van der Waals surface area contributed by atoms with E-state index >= 15 is 0 Å². The number of thiophene rings is 1. The number of amides is 1. The van der Waals surface area contributed by atoms with Crippen LogP contribution in [0.25, 0.3) is 0 Å². The van der Waals surface area contributed by atoms with Gasteiger partial charge in [0, 0.05) is 16.1 Å². The van der Waals surface area contributed by atoms with E-state index in [0.29, 0.717) is 6.42 Å². The van der Waals surface area contributed by atoms with Gasteiger partial charge in [0.25, 0.3) is 0 Å². The molecule has 0 atom stereocenters. The molecule has 0 fully saturated rings. The predicted octanol–water partition coefficient (Wildman–Crippen LogP) is 2.58. The van der Waals surface area contributed by atoms with E-state index in [9.17, 15) is 4.79 Å². The highest BCUT2D eigenvalue weighted by atomic mass is 32.1. The molecule has 4 heteroatoms. The van der Waals surface area contributed by atoms with Crippen molar-refractivity contribution < 1.29 is 9.90 Å². The maximum Gasteiger partial charge on any atom is 0.229 e. The van der Waals surface area contributed by atoms with Crippen LogP contribution in [-0.4, -0.2) is 17.6 Å². The van der Waals surface area contributed by atoms with Gasteiger partial charge >= 0.3 is 0 Å². The third-order valence-corrected chi connectivity index (χ3v) is 3.60. The average Bonchev–Trinajstić information content (AvgIpc) is 2.92. The molecule has 2 rings (SSSR count). The molecule has 0 bridgehead atoms. The zero-order valence-corrected chi connectivity index (χ0v) is 12.0. The number of aryl methyl sites for hydroxylation is 1. The summed E-state index contributed by atoms with van der Waals surface area (Å²) in [5.74, 6) is 5.42. The van der Waals surface area contributed by atoms with E-state index in [4.69, 9.17) is 5.11 Å². The molecule has 3 nitrogen and oxygen atoms in total. The van der Waals surface area contributed by atoms with Gasteiger partial charge < -0.3 is 10.4 Å². The summed E-state index contributed by atoms with van der Waals surface area (Å²) in [5, 5.41) is 13.5. The predicted molar refractivity (Wildman–Crippen MR) is 81.8 cm³/mol. The van der Waals surface area contributed by atoms with Gasteiger partial charge in [0.05, 0.1) is 6.42 Å². The van der Waals surface area contributed by atoms with E-state index in [1.54, 1.807) is 11.3 Å². The van der Waals surface area contributed by atoms with Crippen LogP contribution >= 0.6 is 11.3 Å². The summed E-state index contributed by atoms with van der Waals surface area (Å²) in [6, 6.07) is 9.45. The Morgan fingerprint density at radius 2 is 2.25 bits per heavy atom. The number of hydrogen-bond donors (Lipinski definition) is 2. The fraction of sp³-hybridized carbons (Fsp3) is 0.188. The number of aliphatic hydroxyl groups excluding tert-OH is 1. The van der Waals surface area contributed by atoms with E-state index < -0.39 is 0 Å². The second kappa shape index (κ2) is 6.90. The van der Waals surface area contributed by atoms with Gasteiger partial charge in [0.2, 0.25) is 5.91 Å². The van der Waals surface area contributed by atoms with E-state index in [2.05, 4.69) is 17.2 Å². The molecule has 1 aromatic carbocycles. The molecule has 0 saturated carbocycles. The molecule has 0 radical (unpaired) electrons. The zero-order chi connectivity index (χ0) is 14.4. The maximum absolute atomic E-state index is 11.9. The smallest absolute Gasteiger partial charge is 0.229 e. The van der Waals surface area contributed by atoms with Gasteiger partial charge in [-0.2, -0.15) is 0 Å². The van der Waals surface area contributed by atoms with Gasteiger partial charge in [-0.15, -0.1) is 11.3 Å². The average molecular weight is 285 g/mol. The largest absolute Gasteiger partial charge is 0.384 e. The van der Waals surface area contributed by atoms with Crippen molar-refractivity contribution in [2.45, 2.75) is 13.3 Å². The van der Waals surface area contributed by atoms with Crippen molar-refractivity contribution in [2.75, 3.05) is 11.9 Å². The summed E-state index contributed by atoms with van der Waals surface area (Å²) in [7, 11) is 0. The third-order valence-electron chi connectivity index (χ3n) is 2.73. The lowest BCUT2D eigenvalue weighted by Gasteiger charge is -2.08. The zero-order valence-electron chi connectivity index (χ0n) is 11.1. The van der Waals surface area contributed by atoms with E-state index in [-0.39, 0.29) is 12.5 Å². The molecule has 0 saturated heterocycles. The first-order chi connectivity index (χ1) is 9.69. The Bertz CT molecular complexity index is 651. The van der Waals surface area contributed by atoms with Gasteiger partial charge in [0.15, 0.2) is 0 Å². The van der Waals surface area contributed by atoms with Crippen molar-refractivity contribution in [1.82, 2.24) is 0 Å². The number of aliphatic hydroxyl groups is 1. The first-order valence-corrected chi connectivity index (χ1v) is 7.09. The summed E-state index contributed by atoms with van der Waals surface area (Å²) in [6.07, 6.45) is 0.392. The molecule has 0 aliphatic carbocycles. The Labute approximate surface area is 122 Å². The normalized spacial score (nSPS) is 9.70. The van der Waals surface area contributed by atoms with Crippen molar-refractivity contribution in [1.29, 1.82) is 0 Å². The Morgan fingerprint density at radius 3 is 2.90 bits per heavy atom. The van der Waals surface area contributed by atoms with Gasteiger partial charge in [-0.25, -0.2) is 0 Å². The van der Waals surface area contributed by atoms with E-state index in [0.717, 1.165) is 21.7 Å². The SMILES string of the molecule is Cc1cc(C#CCO)ccc1NC(=O)Cc1cccs1. The fourth-order valence-corrected chi connectivity index (χ4v) is 2.49. The third kappa shape index (κ3) is 3.95. The van der Waals surface area contributed by atoms with E-state index in [1.165, 1.54) is 0 Å². The lowest BCUT2D eigenvalue weighted by atomic mass is 10.1. The molecular formula is C16H15NO2S. The number of benzene rings is 1. The fourth-order valence-electron chi connectivity index (χ4n) is 1.79. The van der Waals surface area contributed by atoms with Crippen LogP contribution in [0.3, 0.4) is 0 Å². The molecule has 20 heavy (non-hydrogen) atoms. The number of rotatable bonds is 3. The molecule has 0 aliphatic rings. The van der Waals surface area contributed by atoms with Gasteiger partial charge in [0.1, 0.15) is 6.61 Å². The minimum Gasteiger partial charge on any atom is -0.384 e. The Balaban J connectivity index is 2.04. The highest BCUT2D eigenvalue weighted by Gasteiger charge is 2.06. The van der Waals surface area contributed by atoms with Gasteiger partial charge in [-0.3, -0.25) is 4.79 Å². The van der Waals surface area contributed by atoms with Gasteiger partial charge in [-0.05, 0) is 42.1 Å². The van der Waals surface area contributed by atoms with Crippen LogP contribution in [0.1, 0.15) is 16.0 Å². The summed E-state index contributed by atoms with van der Waals surface area (Å²) in [6.45, 7) is 1.77. The molecule has 0 spiro atoms. The highest BCUT2D eigenvalue weighted by molar-refractivity contribution is 7.10. The quantitative estimate of drug-likeness (QED) is 0.852. The standard InChI is InChI=1S/C16H15NO2S/c1-12-10-13(4-2-8-18)6-7-15(12)17-16(19)11-14-5-3-9-20-14/h3,5-7,9-10,18H,8,11H2,1H3,(H,17,19). The molecule has 2 aromatic rings. The highest BCUT2D eigenvalue weighted by Crippen LogP contribution is 2.17. The molecular weight excluding hydrogens is 270 g/mol. The van der Waals surface area contributed by atoms with Crippen molar-refractivity contribution in [3.8, 4) is 11.8 Å². The lowest BCUT2D eigenvalue weighted by Crippen LogP contribution is -2.14. The van der Waals surface area contributed by atoms with Crippen LogP contribution in [0.5, 0.6) is 0 Å². The molecule has 102 valence electrons. The van der Waals surface area contributed by atoms with Crippen LogP contribution in [0.4, 0.5) is 5.69 Å². The van der Waals surface area contributed by atoms with Gasteiger partial charge in [-0.1, -0.05) is 17.9 Å². The van der Waals surface area contributed by atoms with Crippen molar-refractivity contribution in [3.05, 3.63) is 51.7 Å². The Hall–Kier alpha value is -2.09. The Kier molecular flexibility index (Phi) is 4.94. The van der Waals surface area contributed by atoms with Crippen LogP contribution in [0.15, 0.2) is 35.7 Å². The first-order valence-electron chi connectivity index (χ1n) is 6.21. The molecule has 1 heterocycles. The molecule has 1 amide bonds. The number of carbonyl (C=O) groups excluding carboxylic acids is 1. The summed E-state index contributed by atoms with van der Waals surface area (Å²) < 4.78 is 0. The van der Waals surface area contributed by atoms with Crippen LogP contribution < -0.4 is 5.32 Å². The molecule has 0 unspecified atom stereocenters. The minimum absolute atomic E-state index is 0.0234. The molecule has 2 N–H and O–H groups in total. The second-order valence-corrected chi connectivity index (χ2v) is 5.33. The van der Waals surface area contributed by atoms with Crippen LogP contribution in [-0.2, 0) is 11.2 Å². The lowest BCUT2D eigenvalue weighted by molar-refractivity contribution is -0.115. The molecule has 0 aliphatic heterocycles. The number of anilines is 1. The monoisotopic (exact) mass is 285 g/mol. The van der Waals surface area contributed by atoms with Crippen molar-refractivity contribution in [3.63, 3.8) is 0 Å². The topological polar surface area (TPSA) is 49.3 Å². The molecule has 1 aromatic heterocycles. The summed E-state index contributed by atoms with van der Waals surface area (Å²) in [5.41, 5.74) is 2.57. The summed E-state index contributed by atoms with van der Waals surface area (Å²) >= 11 is 1.57. The number of carbonyl (C=O) groups is 1. The van der Waals surface area contributed by atoms with Crippen LogP contribution in [0, 0.1) is 18.8 Å². The van der Waals surface area contributed by atoms with Crippen molar-refractivity contribution in [2.24, 2.45) is 0 Å². The van der Waals surface area contributed by atoms with Crippen molar-refractivity contribution >= 4 is 22.9 Å². The maximum atomic E-state index is 11.9. The minimum atomic E-state index is -0.154. The summed E-state index contributed by atoms with van der Waals surface area (Å²) in [4.78, 5) is 13.0. The number of nitrogens with one attached hydrogen (secondary N) is 1. The van der Waals surface area contributed by atoms with Crippen LogP contribution in [0.2, 0.25) is 0 Å².